The third-order valence-corrected chi connectivity index (χ3v) is 3.18. The Labute approximate surface area is 133 Å². The minimum absolute atomic E-state index is 0.0783. The Kier molecular flexibility index (Phi) is 4.95. The molecule has 0 spiro atoms. The average molecular weight is 317 g/mol. The molecule has 2 aromatic rings. The van der Waals surface area contributed by atoms with Crippen molar-refractivity contribution in [3.05, 3.63) is 41.5 Å². The molecule has 3 amide bonds. The molecule has 2 rings (SSSR count). The van der Waals surface area contributed by atoms with Gasteiger partial charge in [-0.2, -0.15) is 4.98 Å². The van der Waals surface area contributed by atoms with E-state index in [4.69, 9.17) is 10.3 Å². The predicted octanol–water partition coefficient (Wildman–Crippen LogP) is 2.00. The number of nitrogens with two attached hydrogens (primary N) is 1. The first-order chi connectivity index (χ1) is 10.9. The molecule has 0 aliphatic carbocycles. The van der Waals surface area contributed by atoms with E-state index in [1.807, 2.05) is 13.8 Å². The van der Waals surface area contributed by atoms with E-state index in [0.717, 1.165) is 0 Å². The standard InChI is InChI=1S/C15H19N5O3/c1-8(2)12(14-17-9(3)20-23-14)19-13(21)10-4-6-11(7-5-10)18-15(16)22/h4-8,12H,1-3H3,(H,19,21)(H3,16,18,22). The monoisotopic (exact) mass is 317 g/mol. The zero-order chi connectivity index (χ0) is 17.0. The molecule has 1 atom stereocenters. The molecule has 8 nitrogen and oxygen atoms in total. The van der Waals surface area contributed by atoms with Crippen LogP contribution in [0.4, 0.5) is 10.5 Å². The molecule has 122 valence electrons. The van der Waals surface area contributed by atoms with Crippen LogP contribution in [0, 0.1) is 12.8 Å². The highest BCUT2D eigenvalue weighted by Gasteiger charge is 2.24. The number of hydrogen-bond acceptors (Lipinski definition) is 5. The van der Waals surface area contributed by atoms with E-state index in [1.165, 1.54) is 0 Å². The maximum absolute atomic E-state index is 12.4. The number of anilines is 1. The number of urea groups is 1. The second-order valence-corrected chi connectivity index (χ2v) is 5.44. The van der Waals surface area contributed by atoms with Gasteiger partial charge < -0.3 is 20.9 Å². The second-order valence-electron chi connectivity index (χ2n) is 5.44. The van der Waals surface area contributed by atoms with Crippen molar-refractivity contribution in [1.29, 1.82) is 0 Å². The summed E-state index contributed by atoms with van der Waals surface area (Å²) in [6.45, 7) is 5.62. The number of carbonyl (C=O) groups is 2. The van der Waals surface area contributed by atoms with Crippen molar-refractivity contribution in [2.24, 2.45) is 11.7 Å². The topological polar surface area (TPSA) is 123 Å². The van der Waals surface area contributed by atoms with Gasteiger partial charge in [0.25, 0.3) is 5.91 Å². The van der Waals surface area contributed by atoms with Crippen LogP contribution in [0.1, 0.15) is 42.0 Å². The summed E-state index contributed by atoms with van der Waals surface area (Å²) in [6.07, 6.45) is 0. The molecular weight excluding hydrogens is 298 g/mol. The number of nitrogens with one attached hydrogen (secondary N) is 2. The van der Waals surface area contributed by atoms with Gasteiger partial charge in [-0.3, -0.25) is 4.79 Å². The molecule has 1 heterocycles. The fraction of sp³-hybridized carbons (Fsp3) is 0.333. The molecule has 4 N–H and O–H groups in total. The van der Waals surface area contributed by atoms with E-state index >= 15 is 0 Å². The van der Waals surface area contributed by atoms with E-state index in [9.17, 15) is 9.59 Å². The van der Waals surface area contributed by atoms with Gasteiger partial charge in [-0.15, -0.1) is 0 Å². The van der Waals surface area contributed by atoms with Crippen LogP contribution in [-0.2, 0) is 0 Å². The summed E-state index contributed by atoms with van der Waals surface area (Å²) >= 11 is 0. The minimum Gasteiger partial charge on any atom is -0.351 e. The van der Waals surface area contributed by atoms with Crippen molar-refractivity contribution in [1.82, 2.24) is 15.5 Å². The van der Waals surface area contributed by atoms with Crippen LogP contribution in [-0.4, -0.2) is 22.1 Å². The molecule has 0 radical (unpaired) electrons. The van der Waals surface area contributed by atoms with Gasteiger partial charge in [0.05, 0.1) is 0 Å². The molecule has 0 fully saturated rings. The molecule has 23 heavy (non-hydrogen) atoms. The Morgan fingerprint density at radius 3 is 2.35 bits per heavy atom. The largest absolute Gasteiger partial charge is 0.351 e. The molecule has 0 aliphatic heterocycles. The zero-order valence-corrected chi connectivity index (χ0v) is 13.2. The number of rotatable bonds is 5. The highest BCUT2D eigenvalue weighted by molar-refractivity contribution is 5.95. The van der Waals surface area contributed by atoms with Crippen LogP contribution in [0.2, 0.25) is 0 Å². The molecular formula is C15H19N5O3. The lowest BCUT2D eigenvalue weighted by molar-refractivity contribution is 0.0914. The van der Waals surface area contributed by atoms with Crippen LogP contribution >= 0.6 is 0 Å². The lowest BCUT2D eigenvalue weighted by Gasteiger charge is -2.18. The molecule has 1 aromatic heterocycles. The van der Waals surface area contributed by atoms with Gasteiger partial charge in [0.2, 0.25) is 5.89 Å². The number of aryl methyl sites for hydroxylation is 1. The SMILES string of the molecule is Cc1noc(C(NC(=O)c2ccc(NC(N)=O)cc2)C(C)C)n1. The summed E-state index contributed by atoms with van der Waals surface area (Å²) in [5, 5.41) is 9.06. The average Bonchev–Trinajstić information content (AvgIpc) is 2.90. The Balaban J connectivity index is 2.11. The van der Waals surface area contributed by atoms with Gasteiger partial charge in [-0.1, -0.05) is 19.0 Å². The zero-order valence-electron chi connectivity index (χ0n) is 13.2. The maximum Gasteiger partial charge on any atom is 0.316 e. The molecule has 0 saturated heterocycles. The third kappa shape index (κ3) is 4.29. The van der Waals surface area contributed by atoms with Crippen LogP contribution in [0.25, 0.3) is 0 Å². The van der Waals surface area contributed by atoms with Gasteiger partial charge in [-0.25, -0.2) is 4.79 Å². The van der Waals surface area contributed by atoms with Gasteiger partial charge in [-0.05, 0) is 37.1 Å². The summed E-state index contributed by atoms with van der Waals surface area (Å²) < 4.78 is 5.15. The summed E-state index contributed by atoms with van der Waals surface area (Å²) in [4.78, 5) is 27.3. The fourth-order valence-corrected chi connectivity index (χ4v) is 2.02. The first-order valence-corrected chi connectivity index (χ1v) is 7.14. The lowest BCUT2D eigenvalue weighted by Crippen LogP contribution is -2.32. The molecule has 0 bridgehead atoms. The minimum atomic E-state index is -0.658. The molecule has 0 aliphatic rings. The van der Waals surface area contributed by atoms with Gasteiger partial charge in [0.15, 0.2) is 5.82 Å². The Hall–Kier alpha value is -2.90. The van der Waals surface area contributed by atoms with Crippen LogP contribution in [0.3, 0.4) is 0 Å². The van der Waals surface area contributed by atoms with E-state index in [0.29, 0.717) is 23.0 Å². The summed E-state index contributed by atoms with van der Waals surface area (Å²) in [5.41, 5.74) is 6.00. The maximum atomic E-state index is 12.4. The van der Waals surface area contributed by atoms with Gasteiger partial charge in [0, 0.05) is 11.3 Å². The summed E-state index contributed by atoms with van der Waals surface area (Å²) in [7, 11) is 0. The smallest absolute Gasteiger partial charge is 0.316 e. The van der Waals surface area contributed by atoms with Gasteiger partial charge >= 0.3 is 6.03 Å². The fourth-order valence-electron chi connectivity index (χ4n) is 2.02. The first-order valence-electron chi connectivity index (χ1n) is 7.14. The van der Waals surface area contributed by atoms with Crippen LogP contribution in [0.5, 0.6) is 0 Å². The van der Waals surface area contributed by atoms with E-state index in [1.54, 1.807) is 31.2 Å². The second kappa shape index (κ2) is 6.91. The van der Waals surface area contributed by atoms with Crippen LogP contribution < -0.4 is 16.4 Å². The normalized spacial score (nSPS) is 12.0. The predicted molar refractivity (Wildman–Crippen MR) is 83.7 cm³/mol. The van der Waals surface area contributed by atoms with Crippen LogP contribution in [0.15, 0.2) is 28.8 Å². The number of aromatic nitrogens is 2. The Bertz CT molecular complexity index is 693. The van der Waals surface area contributed by atoms with Crippen molar-refractivity contribution < 1.29 is 14.1 Å². The van der Waals surface area contributed by atoms with E-state index in [-0.39, 0.29) is 17.9 Å². The highest BCUT2D eigenvalue weighted by atomic mass is 16.5. The first kappa shape index (κ1) is 16.5. The highest BCUT2D eigenvalue weighted by Crippen LogP contribution is 2.21. The third-order valence-electron chi connectivity index (χ3n) is 3.18. The Morgan fingerprint density at radius 2 is 1.87 bits per heavy atom. The molecule has 0 saturated carbocycles. The molecule has 8 heteroatoms. The number of nitrogens with zero attached hydrogens (tertiary/aromatic N) is 2. The van der Waals surface area contributed by atoms with Crippen molar-refractivity contribution in [3.63, 3.8) is 0 Å². The quantitative estimate of drug-likeness (QED) is 0.778. The summed E-state index contributed by atoms with van der Waals surface area (Å²) in [5.74, 6) is 0.694. The van der Waals surface area contributed by atoms with Crippen molar-refractivity contribution in [3.8, 4) is 0 Å². The number of primary amides is 1. The van der Waals surface area contributed by atoms with Crippen molar-refractivity contribution >= 4 is 17.6 Å². The molecule has 1 aromatic carbocycles. The van der Waals surface area contributed by atoms with E-state index < -0.39 is 6.03 Å². The number of benzene rings is 1. The number of amides is 3. The number of carbonyl (C=O) groups excluding carboxylic acids is 2. The Morgan fingerprint density at radius 1 is 1.22 bits per heavy atom. The molecule has 1 unspecified atom stereocenters. The van der Waals surface area contributed by atoms with Gasteiger partial charge in [0.1, 0.15) is 6.04 Å². The van der Waals surface area contributed by atoms with E-state index in [2.05, 4.69) is 20.8 Å². The van der Waals surface area contributed by atoms with Crippen molar-refractivity contribution in [2.45, 2.75) is 26.8 Å². The summed E-state index contributed by atoms with van der Waals surface area (Å²) in [6, 6.07) is 5.34. The number of hydrogen-bond donors (Lipinski definition) is 3. The van der Waals surface area contributed by atoms with Crippen molar-refractivity contribution in [2.75, 3.05) is 5.32 Å². The lowest BCUT2D eigenvalue weighted by atomic mass is 10.0.